The van der Waals surface area contributed by atoms with E-state index in [1.807, 2.05) is 71.6 Å². The summed E-state index contributed by atoms with van der Waals surface area (Å²) in [7, 11) is -3.53. The fraction of sp³-hybridized carbons (Fsp3) is 0.105. The maximum absolute atomic E-state index is 12.7. The number of hydrogen-bond donors (Lipinski definition) is 1. The number of fused-ring (bicyclic) bond motifs is 1. The number of imidazole rings is 1. The normalized spacial score (nSPS) is 11.7. The van der Waals surface area contributed by atoms with Gasteiger partial charge in [0.2, 0.25) is 10.0 Å². The lowest BCUT2D eigenvalue weighted by molar-refractivity contribution is 0.600. The third-order valence-electron chi connectivity index (χ3n) is 4.00. The van der Waals surface area contributed by atoms with Gasteiger partial charge in [0.1, 0.15) is 0 Å². The Labute approximate surface area is 156 Å². The van der Waals surface area contributed by atoms with E-state index >= 15 is 0 Å². The van der Waals surface area contributed by atoms with E-state index in [0.717, 1.165) is 27.3 Å². The molecule has 4 rings (SSSR count). The van der Waals surface area contributed by atoms with Crippen LogP contribution in [0, 0.1) is 6.92 Å². The number of sulfonamides is 1. The van der Waals surface area contributed by atoms with Crippen LogP contribution in [-0.4, -0.2) is 17.8 Å². The number of aryl methyl sites for hydroxylation is 1. The number of benzene rings is 2. The van der Waals surface area contributed by atoms with Crippen molar-refractivity contribution in [3.05, 3.63) is 77.4 Å². The van der Waals surface area contributed by atoms with Gasteiger partial charge in [-0.05, 0) is 18.6 Å². The molecule has 132 valence electrons. The standard InChI is InChI=1S/C19H17N3O2S2/c1-14-5-4-6-15(11-14)13-26(23,24)21-17-8-3-2-7-16(17)18-12-22-9-10-25-19(22)20-18/h2-12,21H,13H2,1H3. The monoisotopic (exact) mass is 383 g/mol. The minimum atomic E-state index is -3.53. The molecule has 0 atom stereocenters. The number of nitrogens with one attached hydrogen (secondary N) is 1. The first-order chi connectivity index (χ1) is 12.5. The largest absolute Gasteiger partial charge is 0.297 e. The number of thiazole rings is 1. The molecule has 1 N–H and O–H groups in total. The summed E-state index contributed by atoms with van der Waals surface area (Å²) in [5.74, 6) is -0.0682. The molecule has 0 fully saturated rings. The average molecular weight is 383 g/mol. The summed E-state index contributed by atoms with van der Waals surface area (Å²) in [6, 6.07) is 14.8. The smallest absolute Gasteiger partial charge is 0.236 e. The van der Waals surface area contributed by atoms with Gasteiger partial charge in [-0.25, -0.2) is 13.4 Å². The molecule has 0 bridgehead atoms. The number of anilines is 1. The number of hydrogen-bond acceptors (Lipinski definition) is 4. The van der Waals surface area contributed by atoms with Crippen LogP contribution in [0.4, 0.5) is 5.69 Å². The fourth-order valence-corrected chi connectivity index (χ4v) is 4.78. The van der Waals surface area contributed by atoms with Crippen molar-refractivity contribution in [2.75, 3.05) is 4.72 Å². The van der Waals surface area contributed by atoms with Crippen molar-refractivity contribution < 1.29 is 8.42 Å². The lowest BCUT2D eigenvalue weighted by atomic mass is 10.1. The van der Waals surface area contributed by atoms with Crippen molar-refractivity contribution in [1.82, 2.24) is 9.38 Å². The summed E-state index contributed by atoms with van der Waals surface area (Å²) in [5.41, 5.74) is 3.83. The minimum Gasteiger partial charge on any atom is -0.297 e. The van der Waals surface area contributed by atoms with Crippen molar-refractivity contribution in [2.24, 2.45) is 0 Å². The van der Waals surface area contributed by atoms with E-state index in [2.05, 4.69) is 9.71 Å². The highest BCUT2D eigenvalue weighted by Crippen LogP contribution is 2.29. The van der Waals surface area contributed by atoms with E-state index in [4.69, 9.17) is 0 Å². The molecule has 0 saturated carbocycles. The van der Waals surface area contributed by atoms with Gasteiger partial charge in [0.05, 0.1) is 17.1 Å². The zero-order valence-electron chi connectivity index (χ0n) is 14.1. The molecule has 4 aromatic rings. The Balaban J connectivity index is 1.65. The Hall–Kier alpha value is -2.64. The molecule has 26 heavy (non-hydrogen) atoms. The maximum atomic E-state index is 12.7. The molecule has 0 saturated heterocycles. The van der Waals surface area contributed by atoms with E-state index in [9.17, 15) is 8.42 Å². The molecular weight excluding hydrogens is 366 g/mol. The number of rotatable bonds is 5. The van der Waals surface area contributed by atoms with Crippen LogP contribution in [-0.2, 0) is 15.8 Å². The quantitative estimate of drug-likeness (QED) is 0.558. The molecule has 7 heteroatoms. The van der Waals surface area contributed by atoms with Crippen LogP contribution >= 0.6 is 11.3 Å². The highest BCUT2D eigenvalue weighted by Gasteiger charge is 2.16. The maximum Gasteiger partial charge on any atom is 0.236 e. The van der Waals surface area contributed by atoms with Crippen LogP contribution in [0.25, 0.3) is 16.2 Å². The number of aromatic nitrogens is 2. The van der Waals surface area contributed by atoms with Crippen LogP contribution in [0.3, 0.4) is 0 Å². The van der Waals surface area contributed by atoms with Gasteiger partial charge in [-0.15, -0.1) is 11.3 Å². The molecular formula is C19H17N3O2S2. The zero-order valence-corrected chi connectivity index (χ0v) is 15.7. The van der Waals surface area contributed by atoms with Gasteiger partial charge in [-0.2, -0.15) is 0 Å². The predicted octanol–water partition coefficient (Wildman–Crippen LogP) is 4.31. The molecule has 0 amide bonds. The van der Waals surface area contributed by atoms with Crippen LogP contribution in [0.5, 0.6) is 0 Å². The van der Waals surface area contributed by atoms with Gasteiger partial charge in [0.15, 0.2) is 4.96 Å². The van der Waals surface area contributed by atoms with Crippen molar-refractivity contribution >= 4 is 32.0 Å². The van der Waals surface area contributed by atoms with Crippen molar-refractivity contribution in [1.29, 1.82) is 0 Å². The van der Waals surface area contributed by atoms with Gasteiger partial charge in [-0.1, -0.05) is 48.0 Å². The second-order valence-electron chi connectivity index (χ2n) is 6.11. The molecule has 2 aromatic carbocycles. The second-order valence-corrected chi connectivity index (χ2v) is 8.71. The summed E-state index contributed by atoms with van der Waals surface area (Å²) >= 11 is 1.54. The van der Waals surface area contributed by atoms with Crippen molar-refractivity contribution in [2.45, 2.75) is 12.7 Å². The summed E-state index contributed by atoms with van der Waals surface area (Å²) in [6.45, 7) is 1.95. The van der Waals surface area contributed by atoms with Gasteiger partial charge in [-0.3, -0.25) is 9.12 Å². The van der Waals surface area contributed by atoms with Crippen LogP contribution in [0.15, 0.2) is 66.3 Å². The van der Waals surface area contributed by atoms with Crippen LogP contribution in [0.1, 0.15) is 11.1 Å². The van der Waals surface area contributed by atoms with Gasteiger partial charge < -0.3 is 0 Å². The Morgan fingerprint density at radius 1 is 1.15 bits per heavy atom. The Morgan fingerprint density at radius 3 is 2.81 bits per heavy atom. The second kappa shape index (κ2) is 6.59. The topological polar surface area (TPSA) is 63.5 Å². The average Bonchev–Trinajstić information content (AvgIpc) is 3.16. The third-order valence-corrected chi connectivity index (χ3v) is 6.02. The zero-order chi connectivity index (χ0) is 18.1. The molecule has 0 aliphatic carbocycles. The highest BCUT2D eigenvalue weighted by molar-refractivity contribution is 7.91. The van der Waals surface area contributed by atoms with Gasteiger partial charge in [0.25, 0.3) is 0 Å². The number of para-hydroxylation sites is 1. The summed E-state index contributed by atoms with van der Waals surface area (Å²) in [4.78, 5) is 5.45. The lowest BCUT2D eigenvalue weighted by Crippen LogP contribution is -2.15. The fourth-order valence-electron chi connectivity index (χ4n) is 2.88. The molecule has 0 unspecified atom stereocenters. The SMILES string of the molecule is Cc1cccc(CS(=O)(=O)Nc2ccccc2-c2cn3ccsc3n2)c1. The molecule has 0 aliphatic heterocycles. The Kier molecular flexibility index (Phi) is 4.26. The number of nitrogens with zero attached hydrogens (tertiary/aromatic N) is 2. The molecule has 2 heterocycles. The molecule has 2 aromatic heterocycles. The first-order valence-corrected chi connectivity index (χ1v) is 10.6. The first-order valence-electron chi connectivity index (χ1n) is 8.08. The van der Waals surface area contributed by atoms with E-state index in [1.54, 1.807) is 6.07 Å². The Bertz CT molecular complexity index is 1150. The predicted molar refractivity (Wildman–Crippen MR) is 106 cm³/mol. The summed E-state index contributed by atoms with van der Waals surface area (Å²) in [6.07, 6.45) is 3.83. The molecule has 0 radical (unpaired) electrons. The summed E-state index contributed by atoms with van der Waals surface area (Å²) < 4.78 is 29.9. The molecule has 5 nitrogen and oxygen atoms in total. The molecule has 0 spiro atoms. The van der Waals surface area contributed by atoms with Gasteiger partial charge in [0, 0.05) is 23.3 Å². The third kappa shape index (κ3) is 3.49. The van der Waals surface area contributed by atoms with E-state index in [-0.39, 0.29) is 5.75 Å². The first kappa shape index (κ1) is 16.8. The van der Waals surface area contributed by atoms with Crippen molar-refractivity contribution in [3.8, 4) is 11.3 Å². The van der Waals surface area contributed by atoms with E-state index in [1.165, 1.54) is 11.3 Å². The Morgan fingerprint density at radius 2 is 2.00 bits per heavy atom. The summed E-state index contributed by atoms with van der Waals surface area (Å²) in [5, 5.41) is 1.96. The van der Waals surface area contributed by atoms with E-state index < -0.39 is 10.0 Å². The van der Waals surface area contributed by atoms with Crippen LogP contribution in [0.2, 0.25) is 0 Å². The van der Waals surface area contributed by atoms with E-state index in [0.29, 0.717) is 5.69 Å². The highest BCUT2D eigenvalue weighted by atomic mass is 32.2. The van der Waals surface area contributed by atoms with Gasteiger partial charge >= 0.3 is 0 Å². The van der Waals surface area contributed by atoms with Crippen LogP contribution < -0.4 is 4.72 Å². The lowest BCUT2D eigenvalue weighted by Gasteiger charge is -2.11. The minimum absolute atomic E-state index is 0.0682. The van der Waals surface area contributed by atoms with Crippen molar-refractivity contribution in [3.63, 3.8) is 0 Å². The molecule has 0 aliphatic rings.